The van der Waals surface area contributed by atoms with Crippen molar-refractivity contribution in [2.75, 3.05) is 13.2 Å². The maximum Gasteiger partial charge on any atom is 0.122 e. The molecule has 0 aromatic heterocycles. The average molecular weight is 262 g/mol. The topological polar surface area (TPSA) is 18.5 Å². The summed E-state index contributed by atoms with van der Waals surface area (Å²) >= 11 is 0. The molecule has 0 saturated carbocycles. The molecule has 2 bridgehead atoms. The van der Waals surface area contributed by atoms with Crippen molar-refractivity contribution >= 4 is 0 Å². The molecule has 0 atom stereocenters. The predicted molar refractivity (Wildman–Crippen MR) is 79.2 cm³/mol. The van der Waals surface area contributed by atoms with Crippen molar-refractivity contribution in [2.45, 2.75) is 58.8 Å². The van der Waals surface area contributed by atoms with E-state index in [0.29, 0.717) is 0 Å². The fourth-order valence-electron chi connectivity index (χ4n) is 2.53. The van der Waals surface area contributed by atoms with Crippen molar-refractivity contribution in [1.29, 1.82) is 0 Å². The van der Waals surface area contributed by atoms with E-state index in [1.165, 1.54) is 43.2 Å². The molecule has 0 amide bonds. The molecule has 2 heterocycles. The summed E-state index contributed by atoms with van der Waals surface area (Å²) in [5.74, 6) is 2.03. The highest BCUT2D eigenvalue weighted by Gasteiger charge is 2.07. The van der Waals surface area contributed by atoms with E-state index in [1.807, 2.05) is 0 Å². The van der Waals surface area contributed by atoms with Crippen molar-refractivity contribution in [2.24, 2.45) is 0 Å². The number of rotatable bonds is 0. The Morgan fingerprint density at radius 1 is 0.632 bits per heavy atom. The van der Waals surface area contributed by atoms with Crippen LogP contribution in [0.15, 0.2) is 12.1 Å². The van der Waals surface area contributed by atoms with Gasteiger partial charge in [-0.3, -0.25) is 0 Å². The zero-order chi connectivity index (χ0) is 13.5. The minimum absolute atomic E-state index is 0.834. The molecule has 2 nitrogen and oxygen atoms in total. The van der Waals surface area contributed by atoms with Crippen LogP contribution in [0.4, 0.5) is 0 Å². The smallest absolute Gasteiger partial charge is 0.122 e. The first-order valence-corrected chi connectivity index (χ1v) is 7.64. The third-order valence-corrected chi connectivity index (χ3v) is 3.78. The van der Waals surface area contributed by atoms with Crippen LogP contribution in [0.25, 0.3) is 0 Å². The molecule has 2 heteroatoms. The van der Waals surface area contributed by atoms with E-state index in [1.54, 1.807) is 0 Å². The summed E-state index contributed by atoms with van der Waals surface area (Å²) in [6, 6.07) is 4.23. The molecule has 19 heavy (non-hydrogen) atoms. The highest BCUT2D eigenvalue weighted by atomic mass is 16.5. The molecular weight excluding hydrogens is 236 g/mol. The van der Waals surface area contributed by atoms with Crippen molar-refractivity contribution in [1.82, 2.24) is 0 Å². The van der Waals surface area contributed by atoms with E-state index >= 15 is 0 Å². The second-order valence-corrected chi connectivity index (χ2v) is 5.55. The number of hydrogen-bond donors (Lipinski definition) is 0. The molecule has 3 rings (SSSR count). The minimum Gasteiger partial charge on any atom is -0.493 e. The van der Waals surface area contributed by atoms with Gasteiger partial charge in [0.05, 0.1) is 13.2 Å². The summed E-state index contributed by atoms with van der Waals surface area (Å²) in [5, 5.41) is 0. The first-order chi connectivity index (χ1) is 9.27. The van der Waals surface area contributed by atoms with Gasteiger partial charge in [0.1, 0.15) is 11.5 Å². The molecule has 1 aromatic rings. The van der Waals surface area contributed by atoms with Crippen LogP contribution in [0.5, 0.6) is 11.5 Å². The van der Waals surface area contributed by atoms with Gasteiger partial charge in [0.15, 0.2) is 0 Å². The second-order valence-electron chi connectivity index (χ2n) is 5.55. The zero-order valence-electron chi connectivity index (χ0n) is 12.3. The molecule has 2 aliphatic rings. The Morgan fingerprint density at radius 3 is 1.42 bits per heavy atom. The molecule has 2 aliphatic heterocycles. The molecule has 1 aromatic carbocycles. The minimum atomic E-state index is 0.834. The fourth-order valence-corrected chi connectivity index (χ4v) is 2.53. The van der Waals surface area contributed by atoms with Crippen LogP contribution in [-0.4, -0.2) is 13.2 Å². The van der Waals surface area contributed by atoms with Gasteiger partial charge in [-0.05, 0) is 49.9 Å². The molecule has 106 valence electrons. The first kappa shape index (κ1) is 14.2. The molecular formula is C17H26O2. The SMILES string of the molecule is Cc1cc2c(C)cc1OCCCCCCCCCO2. The Labute approximate surface area is 117 Å². The van der Waals surface area contributed by atoms with Crippen LogP contribution in [0.3, 0.4) is 0 Å². The summed E-state index contributed by atoms with van der Waals surface area (Å²) in [7, 11) is 0. The summed E-state index contributed by atoms with van der Waals surface area (Å²) < 4.78 is 11.8. The van der Waals surface area contributed by atoms with E-state index in [-0.39, 0.29) is 0 Å². The van der Waals surface area contributed by atoms with Crippen molar-refractivity contribution in [3.63, 3.8) is 0 Å². The quantitative estimate of drug-likeness (QED) is 0.668. The normalized spacial score (nSPS) is 18.0. The molecule has 0 fully saturated rings. The lowest BCUT2D eigenvalue weighted by Gasteiger charge is -2.14. The summed E-state index contributed by atoms with van der Waals surface area (Å²) in [6.07, 6.45) is 8.91. The van der Waals surface area contributed by atoms with Crippen LogP contribution in [0.2, 0.25) is 0 Å². The largest absolute Gasteiger partial charge is 0.493 e. The molecule has 0 radical (unpaired) electrons. The van der Waals surface area contributed by atoms with Gasteiger partial charge in [-0.1, -0.05) is 32.1 Å². The first-order valence-electron chi connectivity index (χ1n) is 7.64. The highest BCUT2D eigenvalue weighted by molar-refractivity contribution is 5.45. The zero-order valence-corrected chi connectivity index (χ0v) is 12.3. The van der Waals surface area contributed by atoms with Gasteiger partial charge in [-0.15, -0.1) is 0 Å². The van der Waals surface area contributed by atoms with E-state index in [9.17, 15) is 0 Å². The standard InChI is InChI=1S/C17H26O2/c1-14-12-17-15(2)13-16(14)18-10-8-6-4-3-5-7-9-11-19-17/h12-13H,3-11H2,1-2H3. The molecule has 0 unspecified atom stereocenters. The van der Waals surface area contributed by atoms with Gasteiger partial charge in [0.25, 0.3) is 0 Å². The molecule has 0 N–H and O–H groups in total. The Hall–Kier alpha value is -1.18. The maximum absolute atomic E-state index is 5.89. The third kappa shape index (κ3) is 4.45. The van der Waals surface area contributed by atoms with E-state index in [4.69, 9.17) is 9.47 Å². The lowest BCUT2D eigenvalue weighted by Crippen LogP contribution is -2.02. The van der Waals surface area contributed by atoms with Crippen LogP contribution in [0, 0.1) is 13.8 Å². The lowest BCUT2D eigenvalue weighted by atomic mass is 10.1. The van der Waals surface area contributed by atoms with Gasteiger partial charge in [-0.25, -0.2) is 0 Å². The summed E-state index contributed by atoms with van der Waals surface area (Å²) in [6.45, 7) is 5.86. The van der Waals surface area contributed by atoms with Crippen LogP contribution < -0.4 is 9.47 Å². The predicted octanol–water partition coefficient (Wildman–Crippen LogP) is 4.81. The van der Waals surface area contributed by atoms with Gasteiger partial charge >= 0.3 is 0 Å². The van der Waals surface area contributed by atoms with Gasteiger partial charge in [0, 0.05) is 0 Å². The maximum atomic E-state index is 5.89. The van der Waals surface area contributed by atoms with Crippen molar-refractivity contribution in [3.05, 3.63) is 23.3 Å². The second kappa shape index (κ2) is 7.42. The monoisotopic (exact) mass is 262 g/mol. The van der Waals surface area contributed by atoms with Crippen LogP contribution in [0.1, 0.15) is 56.1 Å². The average Bonchev–Trinajstić information content (AvgIpc) is 2.40. The Morgan fingerprint density at radius 2 is 1.00 bits per heavy atom. The van der Waals surface area contributed by atoms with Crippen LogP contribution in [-0.2, 0) is 0 Å². The Bertz CT molecular complexity index is 361. The Kier molecular flexibility index (Phi) is 5.56. The lowest BCUT2D eigenvalue weighted by molar-refractivity contribution is 0.297. The Balaban J connectivity index is 2.06. The van der Waals surface area contributed by atoms with Gasteiger partial charge in [0.2, 0.25) is 0 Å². The number of aryl methyl sites for hydroxylation is 2. The van der Waals surface area contributed by atoms with E-state index < -0.39 is 0 Å². The van der Waals surface area contributed by atoms with E-state index in [2.05, 4.69) is 26.0 Å². The number of fused-ring (bicyclic) bond motifs is 12. The van der Waals surface area contributed by atoms with Crippen LogP contribution >= 0.6 is 0 Å². The fraction of sp³-hybridized carbons (Fsp3) is 0.647. The van der Waals surface area contributed by atoms with Crippen molar-refractivity contribution in [3.8, 4) is 11.5 Å². The highest BCUT2D eigenvalue weighted by Crippen LogP contribution is 2.28. The third-order valence-electron chi connectivity index (χ3n) is 3.78. The summed E-state index contributed by atoms with van der Waals surface area (Å²) in [4.78, 5) is 0. The van der Waals surface area contributed by atoms with E-state index in [0.717, 1.165) is 37.6 Å². The number of hydrogen-bond acceptors (Lipinski definition) is 2. The number of ether oxygens (including phenoxy) is 2. The molecule has 0 aliphatic carbocycles. The van der Waals surface area contributed by atoms with Gasteiger partial charge in [-0.2, -0.15) is 0 Å². The van der Waals surface area contributed by atoms with Gasteiger partial charge < -0.3 is 9.47 Å². The molecule has 0 saturated heterocycles. The van der Waals surface area contributed by atoms with Crippen molar-refractivity contribution < 1.29 is 9.47 Å². The number of benzene rings is 1. The molecule has 0 spiro atoms. The summed E-state index contributed by atoms with van der Waals surface area (Å²) in [5.41, 5.74) is 2.35.